The van der Waals surface area contributed by atoms with Crippen molar-refractivity contribution in [2.24, 2.45) is 0 Å². The summed E-state index contributed by atoms with van der Waals surface area (Å²) in [6, 6.07) is 13.2. The van der Waals surface area contributed by atoms with Crippen LogP contribution in [0.1, 0.15) is 60.5 Å². The third kappa shape index (κ3) is 3.88. The summed E-state index contributed by atoms with van der Waals surface area (Å²) in [5.74, 6) is -0.143. The number of carbonyl (C=O) groups is 1. The van der Waals surface area contributed by atoms with E-state index in [0.29, 0.717) is 0 Å². The minimum Gasteiger partial charge on any atom is -0.329 e. The molecule has 0 spiro atoms. The normalized spacial score (nSPS) is 22.3. The monoisotopic (exact) mass is 429 g/mol. The van der Waals surface area contributed by atoms with Gasteiger partial charge in [-0.15, -0.1) is 0 Å². The number of carbonyl (C=O) groups excluding carboxylic acids is 1. The molecule has 5 rings (SSSR count). The van der Waals surface area contributed by atoms with E-state index in [9.17, 15) is 9.18 Å². The Morgan fingerprint density at radius 3 is 2.72 bits per heavy atom. The van der Waals surface area contributed by atoms with E-state index in [2.05, 4.69) is 30.1 Å². The third-order valence-corrected chi connectivity index (χ3v) is 6.79. The molecule has 0 N–H and O–H groups in total. The molecule has 5 heteroatoms. The van der Waals surface area contributed by atoms with Gasteiger partial charge in [-0.2, -0.15) is 0 Å². The van der Waals surface area contributed by atoms with Crippen molar-refractivity contribution in [1.82, 2.24) is 14.5 Å². The molecule has 2 aliphatic heterocycles. The Kier molecular flexibility index (Phi) is 5.41. The first-order valence-corrected chi connectivity index (χ1v) is 11.4. The molecule has 32 heavy (non-hydrogen) atoms. The fourth-order valence-electron chi connectivity index (χ4n) is 5.25. The van der Waals surface area contributed by atoms with Crippen LogP contribution in [0.4, 0.5) is 4.39 Å². The van der Waals surface area contributed by atoms with Gasteiger partial charge in [-0.25, -0.2) is 9.37 Å². The molecule has 1 amide bonds. The number of rotatable bonds is 3. The van der Waals surface area contributed by atoms with Crippen LogP contribution in [0, 0.1) is 19.7 Å². The molecular formula is C27H28FN3O. The zero-order chi connectivity index (χ0) is 22.2. The lowest BCUT2D eigenvalue weighted by atomic mass is 9.84. The standard InChI is InChI=1S/C27H28FN3O/c1-18-13-20(9-12-25(18)30-16-19(2)29-17-30)14-22-10-11-24-7-4-8-26(31(24)27(22)32)21-5-3-6-23(28)15-21/h3,5-6,9,12-17,24,26H,4,7-8,10-11H2,1-2H3/b22-14+/t24-,26+/m1/s1. The Morgan fingerprint density at radius 2 is 1.97 bits per heavy atom. The SMILES string of the molecule is Cc1cn(-c2ccc(/C=C3\CC[C@H]4CCC[C@@H](c5cccc(F)c5)N4C3=O)cc2C)cn1. The van der Waals surface area contributed by atoms with Gasteiger partial charge < -0.3 is 9.47 Å². The lowest BCUT2D eigenvalue weighted by Gasteiger charge is -2.46. The molecule has 3 heterocycles. The van der Waals surface area contributed by atoms with E-state index in [1.54, 1.807) is 12.1 Å². The van der Waals surface area contributed by atoms with Gasteiger partial charge >= 0.3 is 0 Å². The molecule has 0 aliphatic carbocycles. The van der Waals surface area contributed by atoms with Crippen molar-refractivity contribution in [3.63, 3.8) is 0 Å². The van der Waals surface area contributed by atoms with Crippen LogP contribution in [0.25, 0.3) is 11.8 Å². The van der Waals surface area contributed by atoms with Crippen LogP contribution in [-0.2, 0) is 4.79 Å². The van der Waals surface area contributed by atoms with Gasteiger partial charge in [0.1, 0.15) is 5.82 Å². The summed E-state index contributed by atoms with van der Waals surface area (Å²) in [6.45, 7) is 4.06. The zero-order valence-corrected chi connectivity index (χ0v) is 18.6. The van der Waals surface area contributed by atoms with Crippen molar-refractivity contribution in [2.45, 2.75) is 58.0 Å². The van der Waals surface area contributed by atoms with Crippen molar-refractivity contribution < 1.29 is 9.18 Å². The predicted octanol–water partition coefficient (Wildman–Crippen LogP) is 5.93. The molecule has 0 unspecified atom stereocenters. The fraction of sp³-hybridized carbons (Fsp3) is 0.333. The highest BCUT2D eigenvalue weighted by molar-refractivity contribution is 5.99. The average Bonchev–Trinajstić information content (AvgIpc) is 3.21. The van der Waals surface area contributed by atoms with Gasteiger partial charge in [0.15, 0.2) is 0 Å². The maximum Gasteiger partial charge on any atom is 0.250 e. The van der Waals surface area contributed by atoms with E-state index in [1.165, 1.54) is 6.07 Å². The highest BCUT2D eigenvalue weighted by Crippen LogP contribution is 2.41. The number of amides is 1. The van der Waals surface area contributed by atoms with Gasteiger partial charge in [0.2, 0.25) is 0 Å². The van der Waals surface area contributed by atoms with E-state index in [1.807, 2.05) is 41.1 Å². The highest BCUT2D eigenvalue weighted by atomic mass is 19.1. The first-order valence-electron chi connectivity index (χ1n) is 11.4. The van der Waals surface area contributed by atoms with Crippen molar-refractivity contribution in [3.05, 3.63) is 88.8 Å². The number of piperidine rings is 2. The van der Waals surface area contributed by atoms with E-state index in [0.717, 1.165) is 65.7 Å². The number of fused-ring (bicyclic) bond motifs is 1. The highest BCUT2D eigenvalue weighted by Gasteiger charge is 2.39. The van der Waals surface area contributed by atoms with Crippen molar-refractivity contribution in [1.29, 1.82) is 0 Å². The first kappa shape index (κ1) is 20.7. The lowest BCUT2D eigenvalue weighted by Crippen LogP contribution is -2.49. The Morgan fingerprint density at radius 1 is 1.09 bits per heavy atom. The molecule has 3 aromatic rings. The Bertz CT molecular complexity index is 1200. The van der Waals surface area contributed by atoms with Gasteiger partial charge in [0.05, 0.1) is 18.1 Å². The molecule has 2 saturated heterocycles. The lowest BCUT2D eigenvalue weighted by molar-refractivity contribution is -0.136. The molecule has 2 fully saturated rings. The van der Waals surface area contributed by atoms with Crippen LogP contribution in [0.3, 0.4) is 0 Å². The number of nitrogens with zero attached hydrogens (tertiary/aromatic N) is 3. The number of benzene rings is 2. The molecule has 2 aliphatic rings. The number of aromatic nitrogens is 2. The number of imidazole rings is 1. The molecule has 0 radical (unpaired) electrons. The predicted molar refractivity (Wildman–Crippen MR) is 124 cm³/mol. The molecule has 2 aromatic carbocycles. The van der Waals surface area contributed by atoms with Gasteiger partial charge in [-0.05, 0) is 93.0 Å². The molecule has 164 valence electrons. The molecule has 1 aromatic heterocycles. The quantitative estimate of drug-likeness (QED) is 0.484. The second kappa shape index (κ2) is 8.38. The Labute approximate surface area is 188 Å². The topological polar surface area (TPSA) is 38.1 Å². The fourth-order valence-corrected chi connectivity index (χ4v) is 5.25. The van der Waals surface area contributed by atoms with Gasteiger partial charge in [-0.1, -0.05) is 18.2 Å². The van der Waals surface area contributed by atoms with E-state index >= 15 is 0 Å². The molecule has 2 atom stereocenters. The summed E-state index contributed by atoms with van der Waals surface area (Å²) in [5, 5.41) is 0. The number of hydrogen-bond acceptors (Lipinski definition) is 2. The summed E-state index contributed by atoms with van der Waals surface area (Å²) in [7, 11) is 0. The largest absolute Gasteiger partial charge is 0.329 e. The number of hydrogen-bond donors (Lipinski definition) is 0. The van der Waals surface area contributed by atoms with Gasteiger partial charge in [-0.3, -0.25) is 4.79 Å². The molecule has 0 saturated carbocycles. The summed E-state index contributed by atoms with van der Waals surface area (Å²) < 4.78 is 15.9. The summed E-state index contributed by atoms with van der Waals surface area (Å²) in [6.07, 6.45) is 10.6. The minimum atomic E-state index is -0.242. The van der Waals surface area contributed by atoms with Crippen LogP contribution < -0.4 is 0 Å². The van der Waals surface area contributed by atoms with Crippen molar-refractivity contribution in [3.8, 4) is 5.69 Å². The second-order valence-electron chi connectivity index (χ2n) is 9.04. The van der Waals surface area contributed by atoms with E-state index < -0.39 is 0 Å². The van der Waals surface area contributed by atoms with Crippen molar-refractivity contribution in [2.75, 3.05) is 0 Å². The third-order valence-electron chi connectivity index (χ3n) is 6.79. The maximum absolute atomic E-state index is 13.9. The summed E-state index contributed by atoms with van der Waals surface area (Å²) in [4.78, 5) is 19.9. The average molecular weight is 430 g/mol. The van der Waals surface area contributed by atoms with E-state index in [4.69, 9.17) is 0 Å². The van der Waals surface area contributed by atoms with Gasteiger partial charge in [0, 0.05) is 23.5 Å². The first-order chi connectivity index (χ1) is 15.5. The van der Waals surface area contributed by atoms with Crippen LogP contribution in [-0.4, -0.2) is 26.4 Å². The maximum atomic E-state index is 13.9. The molecule has 0 bridgehead atoms. The Balaban J connectivity index is 1.43. The van der Waals surface area contributed by atoms with E-state index in [-0.39, 0.29) is 23.8 Å². The smallest absolute Gasteiger partial charge is 0.250 e. The second-order valence-corrected chi connectivity index (χ2v) is 9.04. The van der Waals surface area contributed by atoms with Crippen LogP contribution in [0.2, 0.25) is 0 Å². The zero-order valence-electron chi connectivity index (χ0n) is 18.6. The molecular weight excluding hydrogens is 401 g/mol. The van der Waals surface area contributed by atoms with Crippen LogP contribution in [0.5, 0.6) is 0 Å². The van der Waals surface area contributed by atoms with Gasteiger partial charge in [0.25, 0.3) is 5.91 Å². The van der Waals surface area contributed by atoms with Crippen molar-refractivity contribution >= 4 is 12.0 Å². The van der Waals surface area contributed by atoms with Crippen LogP contribution in [0.15, 0.2) is 60.6 Å². The minimum absolute atomic E-state index is 0.0470. The van der Waals surface area contributed by atoms with Crippen LogP contribution >= 0.6 is 0 Å². The number of aryl methyl sites for hydroxylation is 2. The molecule has 4 nitrogen and oxygen atoms in total. The number of halogens is 1. The summed E-state index contributed by atoms with van der Waals surface area (Å²) in [5.41, 5.74) is 5.98. The summed E-state index contributed by atoms with van der Waals surface area (Å²) >= 11 is 0. The Hall–Kier alpha value is -3.21.